The van der Waals surface area contributed by atoms with Crippen LogP contribution in [0, 0.1) is 0 Å². The highest BCUT2D eigenvalue weighted by molar-refractivity contribution is 5.88. The van der Waals surface area contributed by atoms with Gasteiger partial charge in [-0.1, -0.05) is 20.8 Å². The fourth-order valence-corrected chi connectivity index (χ4v) is 1.52. The van der Waals surface area contributed by atoms with Crippen molar-refractivity contribution in [1.29, 1.82) is 0 Å². The van der Waals surface area contributed by atoms with Crippen molar-refractivity contribution in [2.45, 2.75) is 32.6 Å². The zero-order valence-electron chi connectivity index (χ0n) is 11.2. The molecule has 0 saturated carbocycles. The summed E-state index contributed by atoms with van der Waals surface area (Å²) in [7, 11) is 0. The van der Waals surface area contributed by atoms with Crippen molar-refractivity contribution in [2.75, 3.05) is 0 Å². The van der Waals surface area contributed by atoms with E-state index in [1.165, 1.54) is 12.1 Å². The van der Waals surface area contributed by atoms with Crippen LogP contribution in [0.4, 0.5) is 0 Å². The third-order valence-corrected chi connectivity index (χ3v) is 3.27. The average molecular weight is 260 g/mol. The van der Waals surface area contributed by atoms with E-state index in [2.05, 4.69) is 17.1 Å². The lowest BCUT2D eigenvalue weighted by atomic mass is 9.90. The Balaban J connectivity index is 2.30. The highest BCUT2D eigenvalue weighted by Gasteiger charge is 2.25. The number of hydrogen-bond donors (Lipinski definition) is 1. The van der Waals surface area contributed by atoms with Gasteiger partial charge in [0.2, 0.25) is 11.8 Å². The van der Waals surface area contributed by atoms with Gasteiger partial charge in [0, 0.05) is 11.0 Å². The summed E-state index contributed by atoms with van der Waals surface area (Å²) < 4.78 is 5.66. The standard InChI is InChI=1S/C14H16N2O3/c1-4-14(2,3)13-16-15-11(19-13)9-5-7-10(8-6-9)12(17)18/h5-8H,4H2,1-3H3,(H,17,18). The molecule has 0 spiro atoms. The van der Waals surface area contributed by atoms with Gasteiger partial charge in [0.05, 0.1) is 5.56 Å². The van der Waals surface area contributed by atoms with Gasteiger partial charge in [0.15, 0.2) is 0 Å². The first-order chi connectivity index (χ1) is 8.94. The maximum absolute atomic E-state index is 10.8. The molecule has 2 rings (SSSR count). The second kappa shape index (κ2) is 4.84. The maximum atomic E-state index is 10.8. The van der Waals surface area contributed by atoms with E-state index in [1.54, 1.807) is 12.1 Å². The molecule has 2 aromatic rings. The Morgan fingerprint density at radius 2 is 1.89 bits per heavy atom. The molecule has 0 radical (unpaired) electrons. The van der Waals surface area contributed by atoms with E-state index < -0.39 is 5.97 Å². The molecule has 1 heterocycles. The monoisotopic (exact) mass is 260 g/mol. The summed E-state index contributed by atoms with van der Waals surface area (Å²) in [5.74, 6) is 0.0469. The van der Waals surface area contributed by atoms with Crippen molar-refractivity contribution in [3.05, 3.63) is 35.7 Å². The second-order valence-corrected chi connectivity index (χ2v) is 5.03. The van der Waals surface area contributed by atoms with Crippen LogP contribution in [-0.4, -0.2) is 21.3 Å². The number of aromatic nitrogens is 2. The van der Waals surface area contributed by atoms with Crippen molar-refractivity contribution in [1.82, 2.24) is 10.2 Å². The molecule has 0 bridgehead atoms. The van der Waals surface area contributed by atoms with Gasteiger partial charge >= 0.3 is 5.97 Å². The van der Waals surface area contributed by atoms with Gasteiger partial charge in [-0.2, -0.15) is 0 Å². The largest absolute Gasteiger partial charge is 0.478 e. The first-order valence-electron chi connectivity index (χ1n) is 6.12. The van der Waals surface area contributed by atoms with Crippen LogP contribution in [0.1, 0.15) is 43.4 Å². The molecule has 0 aliphatic carbocycles. The molecule has 1 aromatic heterocycles. The summed E-state index contributed by atoms with van der Waals surface area (Å²) in [5, 5.41) is 16.9. The fraction of sp³-hybridized carbons (Fsp3) is 0.357. The van der Waals surface area contributed by atoms with Crippen LogP contribution in [0.15, 0.2) is 28.7 Å². The molecule has 1 aromatic carbocycles. The number of carboxylic acids is 1. The van der Waals surface area contributed by atoms with Crippen LogP contribution in [-0.2, 0) is 5.41 Å². The number of carboxylic acid groups (broad SMARTS) is 1. The molecule has 1 N–H and O–H groups in total. The molecule has 100 valence electrons. The topological polar surface area (TPSA) is 76.2 Å². The lowest BCUT2D eigenvalue weighted by Gasteiger charge is -2.16. The molecular formula is C14H16N2O3. The Morgan fingerprint density at radius 3 is 2.42 bits per heavy atom. The minimum Gasteiger partial charge on any atom is -0.478 e. The Morgan fingerprint density at radius 1 is 1.26 bits per heavy atom. The fourth-order valence-electron chi connectivity index (χ4n) is 1.52. The van der Waals surface area contributed by atoms with E-state index in [0.29, 0.717) is 11.8 Å². The van der Waals surface area contributed by atoms with Gasteiger partial charge in [-0.15, -0.1) is 10.2 Å². The molecule has 19 heavy (non-hydrogen) atoms. The minimum absolute atomic E-state index is 0.160. The van der Waals surface area contributed by atoms with Gasteiger partial charge in [0.25, 0.3) is 0 Å². The van der Waals surface area contributed by atoms with Gasteiger partial charge in [-0.05, 0) is 30.7 Å². The second-order valence-electron chi connectivity index (χ2n) is 5.03. The third-order valence-electron chi connectivity index (χ3n) is 3.27. The van der Waals surface area contributed by atoms with Crippen LogP contribution in [0.3, 0.4) is 0 Å². The zero-order chi connectivity index (χ0) is 14.0. The van der Waals surface area contributed by atoms with Gasteiger partial charge in [-0.25, -0.2) is 4.79 Å². The van der Waals surface area contributed by atoms with Crippen LogP contribution in [0.5, 0.6) is 0 Å². The summed E-state index contributed by atoms with van der Waals surface area (Å²) in [6.45, 7) is 6.14. The molecule has 0 amide bonds. The van der Waals surface area contributed by atoms with E-state index in [9.17, 15) is 4.79 Å². The first kappa shape index (κ1) is 13.3. The number of benzene rings is 1. The predicted octanol–water partition coefficient (Wildman–Crippen LogP) is 3.12. The van der Waals surface area contributed by atoms with Gasteiger partial charge in [-0.3, -0.25) is 0 Å². The smallest absolute Gasteiger partial charge is 0.335 e. The molecular weight excluding hydrogens is 244 g/mol. The first-order valence-corrected chi connectivity index (χ1v) is 6.12. The molecule has 0 fully saturated rings. The number of rotatable bonds is 4. The lowest BCUT2D eigenvalue weighted by Crippen LogP contribution is -2.15. The van der Waals surface area contributed by atoms with E-state index >= 15 is 0 Å². The quantitative estimate of drug-likeness (QED) is 0.913. The predicted molar refractivity (Wildman–Crippen MR) is 70.0 cm³/mol. The van der Waals surface area contributed by atoms with Crippen molar-refractivity contribution in [2.24, 2.45) is 0 Å². The highest BCUT2D eigenvalue weighted by Crippen LogP contribution is 2.28. The summed E-state index contributed by atoms with van der Waals surface area (Å²) in [6, 6.07) is 6.37. The van der Waals surface area contributed by atoms with Gasteiger partial charge in [0.1, 0.15) is 0 Å². The van der Waals surface area contributed by atoms with Crippen molar-refractivity contribution < 1.29 is 14.3 Å². The molecule has 5 nitrogen and oxygen atoms in total. The molecule has 0 aliphatic heterocycles. The zero-order valence-corrected chi connectivity index (χ0v) is 11.2. The lowest BCUT2D eigenvalue weighted by molar-refractivity contribution is 0.0697. The minimum atomic E-state index is -0.954. The summed E-state index contributed by atoms with van der Waals surface area (Å²) in [6.07, 6.45) is 0.895. The molecule has 5 heteroatoms. The number of hydrogen-bond acceptors (Lipinski definition) is 4. The van der Waals surface area contributed by atoms with Crippen molar-refractivity contribution in [3.8, 4) is 11.5 Å². The Labute approximate surface area is 111 Å². The normalized spacial score (nSPS) is 11.5. The van der Waals surface area contributed by atoms with Crippen LogP contribution in [0.2, 0.25) is 0 Å². The van der Waals surface area contributed by atoms with Crippen molar-refractivity contribution in [3.63, 3.8) is 0 Å². The van der Waals surface area contributed by atoms with E-state index in [-0.39, 0.29) is 11.0 Å². The van der Waals surface area contributed by atoms with Crippen molar-refractivity contribution >= 4 is 5.97 Å². The maximum Gasteiger partial charge on any atom is 0.335 e. The number of carbonyl (C=O) groups is 1. The van der Waals surface area contributed by atoms with Crippen LogP contribution < -0.4 is 0 Å². The molecule has 0 saturated heterocycles. The van der Waals surface area contributed by atoms with Crippen LogP contribution >= 0.6 is 0 Å². The Bertz CT molecular complexity index is 585. The number of nitrogens with zero attached hydrogens (tertiary/aromatic N) is 2. The van der Waals surface area contributed by atoms with E-state index in [0.717, 1.165) is 12.0 Å². The molecule has 0 atom stereocenters. The third kappa shape index (κ3) is 2.65. The van der Waals surface area contributed by atoms with E-state index in [1.807, 2.05) is 13.8 Å². The Kier molecular flexibility index (Phi) is 3.38. The SMILES string of the molecule is CCC(C)(C)c1nnc(-c2ccc(C(=O)O)cc2)o1. The molecule has 0 unspecified atom stereocenters. The van der Waals surface area contributed by atoms with E-state index in [4.69, 9.17) is 9.52 Å². The molecule has 0 aliphatic rings. The average Bonchev–Trinajstić information content (AvgIpc) is 2.89. The van der Waals surface area contributed by atoms with Crippen LogP contribution in [0.25, 0.3) is 11.5 Å². The highest BCUT2D eigenvalue weighted by atomic mass is 16.4. The Hall–Kier alpha value is -2.17. The summed E-state index contributed by atoms with van der Waals surface area (Å²) in [5.41, 5.74) is 0.791. The van der Waals surface area contributed by atoms with Gasteiger partial charge < -0.3 is 9.52 Å². The summed E-state index contributed by atoms with van der Waals surface area (Å²) >= 11 is 0. The number of aromatic carboxylic acids is 1. The summed E-state index contributed by atoms with van der Waals surface area (Å²) in [4.78, 5) is 10.8.